The van der Waals surface area contributed by atoms with Gasteiger partial charge in [-0.15, -0.1) is 0 Å². The molecule has 5 rings (SSSR count). The Morgan fingerprint density at radius 2 is 1.22 bits per heavy atom. The summed E-state index contributed by atoms with van der Waals surface area (Å²) in [6.45, 7) is 0.424. The Bertz CT molecular complexity index is 1730. The maximum atomic E-state index is 13.7. The fourth-order valence-electron chi connectivity index (χ4n) is 5.17. The first-order valence-corrected chi connectivity index (χ1v) is 13.8. The van der Waals surface area contributed by atoms with Crippen LogP contribution in [-0.2, 0) is 25.6 Å². The van der Waals surface area contributed by atoms with Crippen molar-refractivity contribution in [2.45, 2.75) is 32.0 Å². The van der Waals surface area contributed by atoms with Gasteiger partial charge in [0.1, 0.15) is 24.7 Å². The van der Waals surface area contributed by atoms with E-state index in [1.807, 2.05) is 6.08 Å². The fraction of sp³-hybridized carbons (Fsp3) is 0.212. The van der Waals surface area contributed by atoms with Crippen LogP contribution in [0.1, 0.15) is 34.2 Å². The number of nitrogens with one attached hydrogen (secondary N) is 1. The molecule has 0 spiro atoms. The van der Waals surface area contributed by atoms with E-state index in [1.54, 1.807) is 18.2 Å². The van der Waals surface area contributed by atoms with Crippen molar-refractivity contribution in [3.05, 3.63) is 129 Å². The van der Waals surface area contributed by atoms with Gasteiger partial charge in [-0.3, -0.25) is 10.1 Å². The lowest BCUT2D eigenvalue weighted by Crippen LogP contribution is -2.20. The van der Waals surface area contributed by atoms with Crippen LogP contribution in [-0.4, -0.2) is 18.0 Å². The number of nitrogens with zero attached hydrogens (tertiary/aromatic N) is 1. The van der Waals surface area contributed by atoms with Crippen molar-refractivity contribution in [3.8, 4) is 22.6 Å². The fourth-order valence-corrected chi connectivity index (χ4v) is 5.17. The summed E-state index contributed by atoms with van der Waals surface area (Å²) in [6.07, 6.45) is -6.90. The number of hydrogen-bond acceptors (Lipinski definition) is 5. The number of para-hydroxylation sites is 3. The van der Waals surface area contributed by atoms with Crippen LogP contribution in [0.4, 0.5) is 32.0 Å². The molecule has 1 aliphatic rings. The number of benzene rings is 4. The van der Waals surface area contributed by atoms with Crippen LogP contribution in [0.5, 0.6) is 11.5 Å². The molecule has 0 amide bonds. The van der Waals surface area contributed by atoms with Crippen LogP contribution in [0.3, 0.4) is 0 Å². The van der Waals surface area contributed by atoms with Gasteiger partial charge in [0, 0.05) is 12.6 Å². The molecule has 45 heavy (non-hydrogen) atoms. The van der Waals surface area contributed by atoms with Crippen LogP contribution in [0.15, 0.2) is 91.0 Å². The van der Waals surface area contributed by atoms with E-state index >= 15 is 0 Å². The number of rotatable bonds is 9. The van der Waals surface area contributed by atoms with Crippen LogP contribution in [0.2, 0.25) is 0 Å². The van der Waals surface area contributed by atoms with Gasteiger partial charge in [0.15, 0.2) is 0 Å². The molecular weight excluding hydrogens is 602 g/mol. The van der Waals surface area contributed by atoms with Crippen molar-refractivity contribution >= 4 is 11.3 Å². The predicted octanol–water partition coefficient (Wildman–Crippen LogP) is 8.83. The molecule has 0 radical (unpaired) electrons. The van der Waals surface area contributed by atoms with Gasteiger partial charge >= 0.3 is 12.4 Å². The Morgan fingerprint density at radius 3 is 1.76 bits per heavy atom. The SMILES string of the molecule is O=[N+]([O-])c1ccccc1-c1cc(COc2ccccc2C(F)(F)F)c(C2=CCNCC2)cc1COc1ccccc1C(F)(F)F. The minimum Gasteiger partial charge on any atom is -0.488 e. The van der Waals surface area contributed by atoms with Crippen molar-refractivity contribution in [2.24, 2.45) is 0 Å². The molecule has 0 fully saturated rings. The van der Waals surface area contributed by atoms with Crippen LogP contribution in [0.25, 0.3) is 16.7 Å². The Balaban J connectivity index is 1.64. The van der Waals surface area contributed by atoms with E-state index in [4.69, 9.17) is 9.47 Å². The van der Waals surface area contributed by atoms with E-state index in [0.29, 0.717) is 36.2 Å². The summed E-state index contributed by atoms with van der Waals surface area (Å²) < 4.78 is 93.6. The molecule has 12 heteroatoms. The predicted molar refractivity (Wildman–Crippen MR) is 156 cm³/mol. The van der Waals surface area contributed by atoms with E-state index in [-0.39, 0.29) is 30.0 Å². The minimum absolute atomic E-state index is 0.160. The lowest BCUT2D eigenvalue weighted by atomic mass is 9.88. The Hall–Kier alpha value is -4.84. The molecule has 0 saturated heterocycles. The third-order valence-corrected chi connectivity index (χ3v) is 7.28. The van der Waals surface area contributed by atoms with Crippen molar-refractivity contribution in [2.75, 3.05) is 13.1 Å². The van der Waals surface area contributed by atoms with Gasteiger partial charge in [0.2, 0.25) is 0 Å². The second-order valence-corrected chi connectivity index (χ2v) is 10.2. The molecule has 1 aliphatic heterocycles. The van der Waals surface area contributed by atoms with Gasteiger partial charge in [-0.1, -0.05) is 42.5 Å². The van der Waals surface area contributed by atoms with E-state index in [9.17, 15) is 36.5 Å². The van der Waals surface area contributed by atoms with Crippen LogP contribution in [0, 0.1) is 10.1 Å². The number of alkyl halides is 6. The Labute approximate surface area is 254 Å². The van der Waals surface area contributed by atoms with Gasteiger partial charge in [0.05, 0.1) is 21.6 Å². The molecule has 234 valence electrons. The first-order valence-electron chi connectivity index (χ1n) is 13.8. The molecule has 1 heterocycles. The van der Waals surface area contributed by atoms with Crippen LogP contribution >= 0.6 is 0 Å². The molecule has 0 aromatic heterocycles. The van der Waals surface area contributed by atoms with Gasteiger partial charge in [-0.05, 0) is 83.3 Å². The molecule has 4 aromatic rings. The lowest BCUT2D eigenvalue weighted by molar-refractivity contribution is -0.384. The maximum absolute atomic E-state index is 13.7. The Morgan fingerprint density at radius 1 is 0.711 bits per heavy atom. The molecule has 4 aromatic carbocycles. The van der Waals surface area contributed by atoms with E-state index in [1.165, 1.54) is 54.6 Å². The van der Waals surface area contributed by atoms with E-state index in [2.05, 4.69) is 5.32 Å². The monoisotopic (exact) mass is 628 g/mol. The van der Waals surface area contributed by atoms with Gasteiger partial charge in [-0.25, -0.2) is 0 Å². The number of halogens is 6. The third kappa shape index (κ3) is 7.28. The molecule has 1 N–H and O–H groups in total. The highest BCUT2D eigenvalue weighted by molar-refractivity contribution is 5.80. The summed E-state index contributed by atoms with van der Waals surface area (Å²) >= 11 is 0. The zero-order valence-electron chi connectivity index (χ0n) is 23.5. The molecule has 0 atom stereocenters. The third-order valence-electron chi connectivity index (χ3n) is 7.28. The topological polar surface area (TPSA) is 73.6 Å². The normalized spacial score (nSPS) is 13.7. The summed E-state index contributed by atoms with van der Waals surface area (Å²) in [4.78, 5) is 11.4. The first kappa shape index (κ1) is 31.6. The van der Waals surface area contributed by atoms with Gasteiger partial charge in [0.25, 0.3) is 5.69 Å². The average molecular weight is 629 g/mol. The molecule has 0 aliphatic carbocycles. The van der Waals surface area contributed by atoms with Crippen molar-refractivity contribution in [1.29, 1.82) is 0 Å². The first-order chi connectivity index (χ1) is 21.4. The van der Waals surface area contributed by atoms with E-state index < -0.39 is 39.9 Å². The lowest BCUT2D eigenvalue weighted by Gasteiger charge is -2.22. The largest absolute Gasteiger partial charge is 0.488 e. The van der Waals surface area contributed by atoms with Crippen molar-refractivity contribution in [1.82, 2.24) is 5.32 Å². The molecule has 0 bridgehead atoms. The van der Waals surface area contributed by atoms with Crippen molar-refractivity contribution < 1.29 is 40.7 Å². The molecule has 0 saturated carbocycles. The van der Waals surface area contributed by atoms with E-state index in [0.717, 1.165) is 17.7 Å². The average Bonchev–Trinajstić information content (AvgIpc) is 3.02. The quantitative estimate of drug-likeness (QED) is 0.114. The van der Waals surface area contributed by atoms with Crippen LogP contribution < -0.4 is 14.8 Å². The summed E-state index contributed by atoms with van der Waals surface area (Å²) in [6, 6.07) is 18.6. The minimum atomic E-state index is -4.68. The number of nitro groups is 1. The molecule has 6 nitrogen and oxygen atoms in total. The zero-order valence-corrected chi connectivity index (χ0v) is 23.5. The van der Waals surface area contributed by atoms with Crippen molar-refractivity contribution in [3.63, 3.8) is 0 Å². The number of hydrogen-bond donors (Lipinski definition) is 1. The Kier molecular flexibility index (Phi) is 9.14. The van der Waals surface area contributed by atoms with Gasteiger partial charge in [-0.2, -0.15) is 26.3 Å². The van der Waals surface area contributed by atoms with Gasteiger partial charge < -0.3 is 14.8 Å². The summed E-state index contributed by atoms with van der Waals surface area (Å²) in [5.41, 5.74) is 0.432. The highest BCUT2D eigenvalue weighted by Crippen LogP contribution is 2.41. The molecular formula is C33H26F6N2O4. The zero-order chi connectivity index (χ0) is 32.2. The highest BCUT2D eigenvalue weighted by atomic mass is 19.4. The standard InChI is InChI=1S/C33H26F6N2O4/c34-32(35,36)27-8-2-5-11-30(27)44-19-22-18-26(24-7-1-4-10-29(24)41(42)43)23(17-25(22)21-13-15-40-16-14-21)20-45-31-12-6-3-9-28(31)33(37,38)39/h1-13,17-18,40H,14-16,19-20H2. The summed E-state index contributed by atoms with van der Waals surface area (Å²) in [5, 5.41) is 15.2. The maximum Gasteiger partial charge on any atom is 0.419 e. The number of ether oxygens (including phenoxy) is 2. The molecule has 0 unspecified atom stereocenters. The smallest absolute Gasteiger partial charge is 0.419 e. The second kappa shape index (κ2) is 13.0. The second-order valence-electron chi connectivity index (χ2n) is 10.2. The number of nitro benzene ring substituents is 1. The highest BCUT2D eigenvalue weighted by Gasteiger charge is 2.35. The summed E-state index contributed by atoms with van der Waals surface area (Å²) in [7, 11) is 0. The summed E-state index contributed by atoms with van der Waals surface area (Å²) in [5.74, 6) is -0.809.